The first-order valence-electron chi connectivity index (χ1n) is 12.4. The Kier molecular flexibility index (Phi) is 7.14. The van der Waals surface area contributed by atoms with Crippen molar-refractivity contribution < 1.29 is 14.3 Å². The van der Waals surface area contributed by atoms with Crippen LogP contribution in [0.1, 0.15) is 30.0 Å². The Morgan fingerprint density at radius 3 is 2.08 bits per heavy atom. The number of nitriles is 1. The number of methoxy groups -OCH3 is 1. The fraction of sp³-hybridized carbons (Fsp3) is 0.161. The molecule has 7 heteroatoms. The van der Waals surface area contributed by atoms with E-state index in [0.717, 1.165) is 34.9 Å². The van der Waals surface area contributed by atoms with Crippen molar-refractivity contribution in [1.29, 1.82) is 5.26 Å². The van der Waals surface area contributed by atoms with Crippen LogP contribution < -0.4 is 25.0 Å². The van der Waals surface area contributed by atoms with E-state index in [0.29, 0.717) is 17.1 Å². The number of carbonyl (C=O) groups is 1. The van der Waals surface area contributed by atoms with E-state index in [4.69, 9.17) is 9.47 Å². The van der Waals surface area contributed by atoms with Gasteiger partial charge in [-0.1, -0.05) is 36.4 Å². The number of hydrogen-bond donors (Lipinski definition) is 2. The summed E-state index contributed by atoms with van der Waals surface area (Å²) in [4.78, 5) is 14.8. The number of nitrogens with one attached hydrogen (secondary N) is 2. The van der Waals surface area contributed by atoms with Crippen molar-refractivity contribution in [3.8, 4) is 23.3 Å². The number of likely N-dealkylation sites (N-methyl/N-ethyl adjacent to an activating group) is 1. The molecule has 2 amide bonds. The van der Waals surface area contributed by atoms with E-state index < -0.39 is 0 Å². The van der Waals surface area contributed by atoms with Gasteiger partial charge < -0.3 is 25.0 Å². The number of fused-ring (bicyclic) bond motifs is 1. The van der Waals surface area contributed by atoms with Crippen molar-refractivity contribution in [2.24, 2.45) is 0 Å². The van der Waals surface area contributed by atoms with Crippen molar-refractivity contribution >= 4 is 23.1 Å². The molecule has 4 aromatic rings. The molecule has 0 bridgehead atoms. The molecule has 0 radical (unpaired) electrons. The minimum Gasteiger partial charge on any atom is -0.497 e. The summed E-state index contributed by atoms with van der Waals surface area (Å²) >= 11 is 0. The lowest BCUT2D eigenvalue weighted by Gasteiger charge is -2.28. The highest BCUT2D eigenvalue weighted by atomic mass is 16.5. The van der Waals surface area contributed by atoms with Crippen LogP contribution in [0.15, 0.2) is 97.1 Å². The fourth-order valence-electron chi connectivity index (χ4n) is 4.83. The minimum absolute atomic E-state index is 0.119. The van der Waals surface area contributed by atoms with E-state index in [-0.39, 0.29) is 18.0 Å². The maximum absolute atomic E-state index is 12.6. The van der Waals surface area contributed by atoms with Gasteiger partial charge in [-0.15, -0.1) is 0 Å². The molecule has 1 aliphatic rings. The second kappa shape index (κ2) is 11.0. The van der Waals surface area contributed by atoms with Crippen LogP contribution in [0.3, 0.4) is 0 Å². The van der Waals surface area contributed by atoms with Crippen LogP contribution in [-0.2, 0) is 0 Å². The molecule has 0 aliphatic carbocycles. The minimum atomic E-state index is -0.347. The summed E-state index contributed by atoms with van der Waals surface area (Å²) in [6.07, 6.45) is 0. The van der Waals surface area contributed by atoms with Crippen LogP contribution in [0.2, 0.25) is 0 Å². The van der Waals surface area contributed by atoms with Gasteiger partial charge in [-0.05, 0) is 72.6 Å². The third-order valence-corrected chi connectivity index (χ3v) is 6.61. The maximum Gasteiger partial charge on any atom is 0.323 e. The van der Waals surface area contributed by atoms with Gasteiger partial charge >= 0.3 is 6.03 Å². The first kappa shape index (κ1) is 24.7. The zero-order valence-electron chi connectivity index (χ0n) is 21.2. The highest BCUT2D eigenvalue weighted by Gasteiger charge is 2.39. The summed E-state index contributed by atoms with van der Waals surface area (Å²) in [5.41, 5.74) is 4.33. The number of rotatable bonds is 7. The molecule has 0 saturated heterocycles. The second-order valence-electron chi connectivity index (χ2n) is 8.90. The van der Waals surface area contributed by atoms with Gasteiger partial charge in [0.25, 0.3) is 0 Å². The van der Waals surface area contributed by atoms with E-state index in [1.165, 1.54) is 0 Å². The predicted molar refractivity (Wildman–Crippen MR) is 149 cm³/mol. The van der Waals surface area contributed by atoms with Gasteiger partial charge in [-0.2, -0.15) is 5.26 Å². The van der Waals surface area contributed by atoms with Crippen LogP contribution in [0.25, 0.3) is 0 Å². The van der Waals surface area contributed by atoms with Crippen molar-refractivity contribution in [3.63, 3.8) is 0 Å². The summed E-state index contributed by atoms with van der Waals surface area (Å²) in [5.74, 6) is 1.90. The molecule has 190 valence electrons. The van der Waals surface area contributed by atoms with Crippen LogP contribution in [0, 0.1) is 11.3 Å². The summed E-state index contributed by atoms with van der Waals surface area (Å²) < 4.78 is 11.2. The molecule has 4 aromatic carbocycles. The predicted octanol–water partition coefficient (Wildman–Crippen LogP) is 7.32. The Morgan fingerprint density at radius 1 is 0.868 bits per heavy atom. The molecule has 0 spiro atoms. The number of nitrogens with zero attached hydrogens (tertiary/aromatic N) is 2. The Hall–Kier alpha value is -4.96. The smallest absolute Gasteiger partial charge is 0.323 e. The number of anilines is 3. The average Bonchev–Trinajstić information content (AvgIpc) is 3.27. The fourth-order valence-corrected chi connectivity index (χ4v) is 4.83. The molecule has 0 saturated carbocycles. The van der Waals surface area contributed by atoms with E-state index in [1.807, 2.05) is 72.8 Å². The summed E-state index contributed by atoms with van der Waals surface area (Å²) in [5, 5.41) is 15.7. The van der Waals surface area contributed by atoms with Crippen LogP contribution in [-0.4, -0.2) is 19.7 Å². The van der Waals surface area contributed by atoms with E-state index >= 15 is 0 Å². The molecule has 5 rings (SSSR count). The Balaban J connectivity index is 1.24. The van der Waals surface area contributed by atoms with Crippen molar-refractivity contribution in [2.45, 2.75) is 18.9 Å². The van der Waals surface area contributed by atoms with Gasteiger partial charge in [0, 0.05) is 29.7 Å². The lowest BCUT2D eigenvalue weighted by molar-refractivity contribution is 0.262. The monoisotopic (exact) mass is 504 g/mol. The molecule has 0 fully saturated rings. The molecule has 7 nitrogen and oxygen atoms in total. The Bertz CT molecular complexity index is 1450. The molecule has 38 heavy (non-hydrogen) atoms. The molecule has 2 unspecified atom stereocenters. The van der Waals surface area contributed by atoms with Gasteiger partial charge in [-0.3, -0.25) is 0 Å². The number of benzene rings is 4. The maximum atomic E-state index is 12.6. The number of urea groups is 1. The number of ether oxygens (including phenoxy) is 2. The summed E-state index contributed by atoms with van der Waals surface area (Å²) in [6, 6.07) is 32.2. The first-order valence-corrected chi connectivity index (χ1v) is 12.4. The number of carbonyl (C=O) groups excluding carboxylic acids is 1. The van der Waals surface area contributed by atoms with Crippen molar-refractivity contribution in [1.82, 2.24) is 0 Å². The topological polar surface area (TPSA) is 86.6 Å². The lowest BCUT2D eigenvalue weighted by Crippen LogP contribution is -2.26. The van der Waals surface area contributed by atoms with Gasteiger partial charge in [0.1, 0.15) is 17.2 Å². The zero-order valence-corrected chi connectivity index (χ0v) is 21.2. The molecule has 2 N–H and O–H groups in total. The van der Waals surface area contributed by atoms with Gasteiger partial charge in [0.15, 0.2) is 0 Å². The molecular weight excluding hydrogens is 476 g/mol. The largest absolute Gasteiger partial charge is 0.497 e. The quantitative estimate of drug-likeness (QED) is 0.275. The van der Waals surface area contributed by atoms with Gasteiger partial charge in [-0.25, -0.2) is 4.79 Å². The van der Waals surface area contributed by atoms with Gasteiger partial charge in [0.2, 0.25) is 0 Å². The zero-order chi connectivity index (χ0) is 26.5. The summed E-state index contributed by atoms with van der Waals surface area (Å²) in [7, 11) is 1.64. The average molecular weight is 505 g/mol. The summed E-state index contributed by atoms with van der Waals surface area (Å²) in [6.45, 7) is 2.83. The van der Waals surface area contributed by atoms with Crippen LogP contribution in [0.5, 0.6) is 17.2 Å². The van der Waals surface area contributed by atoms with Crippen LogP contribution in [0.4, 0.5) is 21.9 Å². The normalized spacial score (nSPS) is 15.8. The third kappa shape index (κ3) is 5.11. The first-order chi connectivity index (χ1) is 18.6. The van der Waals surface area contributed by atoms with Crippen molar-refractivity contribution in [3.05, 3.63) is 108 Å². The Morgan fingerprint density at radius 2 is 1.47 bits per heavy atom. The molecular formula is C31H28N4O3. The van der Waals surface area contributed by atoms with Gasteiger partial charge in [0.05, 0.1) is 25.1 Å². The SMILES string of the molecule is CCN1c2cc(OC)ccc2C(C#N)C1c1ccc(NC(=O)Nc2ccc(Oc3ccccc3)cc2)cc1. The number of hydrogen-bond acceptors (Lipinski definition) is 5. The van der Waals surface area contributed by atoms with Crippen LogP contribution >= 0.6 is 0 Å². The molecule has 1 heterocycles. The molecule has 2 atom stereocenters. The number of amides is 2. The highest BCUT2D eigenvalue weighted by molar-refractivity contribution is 5.99. The molecule has 1 aliphatic heterocycles. The van der Waals surface area contributed by atoms with Crippen molar-refractivity contribution in [2.75, 3.05) is 29.2 Å². The van der Waals surface area contributed by atoms with E-state index in [1.54, 1.807) is 31.4 Å². The highest BCUT2D eigenvalue weighted by Crippen LogP contribution is 2.49. The second-order valence-corrected chi connectivity index (χ2v) is 8.90. The third-order valence-electron chi connectivity index (χ3n) is 6.61. The Labute approximate surface area is 222 Å². The lowest BCUT2D eigenvalue weighted by atomic mass is 9.91. The molecule has 0 aromatic heterocycles. The number of para-hydroxylation sites is 1. The van der Waals surface area contributed by atoms with E-state index in [9.17, 15) is 10.1 Å². The van der Waals surface area contributed by atoms with E-state index in [2.05, 4.69) is 28.5 Å². The standard InChI is InChI=1S/C31H28N4O3/c1-3-35-29-19-26(37-2)17-18-27(29)28(20-32)30(35)21-9-11-22(12-10-21)33-31(36)34-23-13-15-25(16-14-23)38-24-7-5-4-6-8-24/h4-19,28,30H,3H2,1-2H3,(H2,33,34,36).